The Hall–Kier alpha value is -3.41. The predicted molar refractivity (Wildman–Crippen MR) is 111 cm³/mol. The maximum Gasteiger partial charge on any atom is 0.230 e. The van der Waals surface area contributed by atoms with Crippen LogP contribution in [0.1, 0.15) is 35.2 Å². The maximum atomic E-state index is 13.4. The highest BCUT2D eigenvalue weighted by Crippen LogP contribution is 2.30. The summed E-state index contributed by atoms with van der Waals surface area (Å²) in [6.45, 7) is 4.00. The Morgan fingerprint density at radius 2 is 2.00 bits per heavy atom. The lowest BCUT2D eigenvalue weighted by Gasteiger charge is -2.30. The molecule has 1 amide bonds. The van der Waals surface area contributed by atoms with Gasteiger partial charge in [-0.2, -0.15) is 5.10 Å². The van der Waals surface area contributed by atoms with Gasteiger partial charge in [0.1, 0.15) is 12.7 Å². The van der Waals surface area contributed by atoms with E-state index in [0.717, 1.165) is 35.3 Å². The Morgan fingerprint density at radius 1 is 1.17 bits per heavy atom. The van der Waals surface area contributed by atoms with E-state index < -0.39 is 0 Å². The third-order valence-corrected chi connectivity index (χ3v) is 5.89. The van der Waals surface area contributed by atoms with Crippen molar-refractivity contribution >= 4 is 16.8 Å². The minimum Gasteiger partial charge on any atom is -0.357 e. The molecule has 0 radical (unpaired) electrons. The molecule has 6 nitrogen and oxygen atoms in total. The lowest BCUT2D eigenvalue weighted by atomic mass is 9.93. The molecule has 0 bridgehead atoms. The second-order valence-corrected chi connectivity index (χ2v) is 7.65. The quantitative estimate of drug-likeness (QED) is 0.585. The first-order valence-corrected chi connectivity index (χ1v) is 9.98. The van der Waals surface area contributed by atoms with Crippen molar-refractivity contribution in [2.24, 2.45) is 0 Å². The number of para-hydroxylation sites is 1. The highest BCUT2D eigenvalue weighted by molar-refractivity contribution is 5.87. The number of hydrogen-bond donors (Lipinski definition) is 1. The molecular formula is C23H23N5O. The Kier molecular flexibility index (Phi) is 4.39. The molecule has 1 unspecified atom stereocenters. The van der Waals surface area contributed by atoms with E-state index in [9.17, 15) is 4.79 Å². The van der Waals surface area contributed by atoms with E-state index in [2.05, 4.69) is 39.3 Å². The van der Waals surface area contributed by atoms with Gasteiger partial charge in [0, 0.05) is 23.1 Å². The minimum atomic E-state index is -0.208. The van der Waals surface area contributed by atoms with Crippen LogP contribution in [0.3, 0.4) is 0 Å². The lowest BCUT2D eigenvalue weighted by molar-refractivity contribution is -0.133. The van der Waals surface area contributed by atoms with Crippen LogP contribution in [0.4, 0.5) is 0 Å². The summed E-state index contributed by atoms with van der Waals surface area (Å²) in [5.74, 6) is -0.0407. The molecule has 0 fully saturated rings. The number of benzene rings is 2. The number of H-pyrrole nitrogens is 1. The molecule has 1 aliphatic rings. The van der Waals surface area contributed by atoms with E-state index in [4.69, 9.17) is 0 Å². The smallest absolute Gasteiger partial charge is 0.230 e. The zero-order valence-corrected chi connectivity index (χ0v) is 16.4. The standard InChI is InChI=1S/C23H23N5O/c1-16(18-7-3-2-6-17(18)12-28-15-24-14-25-28)23(29)27-11-10-20-19-8-4-5-9-21(19)26-22(20)13-27/h2-9,14-16,26H,10-13H2,1H3. The molecule has 146 valence electrons. The van der Waals surface area contributed by atoms with Crippen molar-refractivity contribution < 1.29 is 4.79 Å². The fourth-order valence-electron chi connectivity index (χ4n) is 4.38. The topological polar surface area (TPSA) is 66.8 Å². The minimum absolute atomic E-state index is 0.167. The molecule has 1 aliphatic heterocycles. The van der Waals surface area contributed by atoms with Crippen molar-refractivity contribution in [1.29, 1.82) is 0 Å². The molecule has 4 aromatic rings. The van der Waals surface area contributed by atoms with Crippen molar-refractivity contribution in [2.75, 3.05) is 6.54 Å². The van der Waals surface area contributed by atoms with Crippen LogP contribution in [0, 0.1) is 0 Å². The van der Waals surface area contributed by atoms with Crippen LogP contribution < -0.4 is 0 Å². The Morgan fingerprint density at radius 3 is 2.86 bits per heavy atom. The zero-order valence-electron chi connectivity index (χ0n) is 16.4. The van der Waals surface area contributed by atoms with E-state index >= 15 is 0 Å². The molecule has 0 saturated carbocycles. The highest BCUT2D eigenvalue weighted by Gasteiger charge is 2.28. The molecular weight excluding hydrogens is 362 g/mol. The zero-order chi connectivity index (χ0) is 19.8. The van der Waals surface area contributed by atoms with Crippen molar-refractivity contribution in [1.82, 2.24) is 24.6 Å². The number of amides is 1. The summed E-state index contributed by atoms with van der Waals surface area (Å²) in [7, 11) is 0. The molecule has 5 rings (SSSR count). The first kappa shape index (κ1) is 17.7. The van der Waals surface area contributed by atoms with Crippen LogP contribution in [0.25, 0.3) is 10.9 Å². The molecule has 3 heterocycles. The van der Waals surface area contributed by atoms with Gasteiger partial charge in [0.05, 0.1) is 19.0 Å². The molecule has 0 spiro atoms. The highest BCUT2D eigenvalue weighted by atomic mass is 16.2. The second-order valence-electron chi connectivity index (χ2n) is 7.65. The second kappa shape index (κ2) is 7.20. The summed E-state index contributed by atoms with van der Waals surface area (Å²) in [5.41, 5.74) is 5.81. The van der Waals surface area contributed by atoms with Crippen LogP contribution in [0.2, 0.25) is 0 Å². The summed E-state index contributed by atoms with van der Waals surface area (Å²) in [4.78, 5) is 22.9. The van der Waals surface area contributed by atoms with Gasteiger partial charge in [-0.25, -0.2) is 9.67 Å². The first-order chi connectivity index (χ1) is 14.2. The third-order valence-electron chi connectivity index (χ3n) is 5.89. The lowest BCUT2D eigenvalue weighted by Crippen LogP contribution is -2.38. The molecule has 1 atom stereocenters. The number of aromatic amines is 1. The fraction of sp³-hybridized carbons (Fsp3) is 0.261. The number of rotatable bonds is 4. The number of carbonyl (C=O) groups excluding carboxylic acids is 1. The fourth-order valence-corrected chi connectivity index (χ4v) is 4.38. The maximum absolute atomic E-state index is 13.4. The van der Waals surface area contributed by atoms with Gasteiger partial charge in [0.2, 0.25) is 5.91 Å². The van der Waals surface area contributed by atoms with Gasteiger partial charge in [-0.15, -0.1) is 0 Å². The van der Waals surface area contributed by atoms with E-state index in [1.807, 2.05) is 36.1 Å². The van der Waals surface area contributed by atoms with Crippen LogP contribution in [-0.2, 0) is 24.3 Å². The van der Waals surface area contributed by atoms with Gasteiger partial charge in [-0.3, -0.25) is 4.79 Å². The van der Waals surface area contributed by atoms with E-state index in [1.54, 1.807) is 11.0 Å². The van der Waals surface area contributed by atoms with Crippen LogP contribution in [0.5, 0.6) is 0 Å². The number of aromatic nitrogens is 4. The summed E-state index contributed by atoms with van der Waals surface area (Å²) in [6.07, 6.45) is 4.12. The molecule has 0 saturated heterocycles. The van der Waals surface area contributed by atoms with Gasteiger partial charge in [-0.05, 0) is 36.1 Å². The normalized spacial score (nSPS) is 14.7. The van der Waals surface area contributed by atoms with Crippen molar-refractivity contribution in [2.45, 2.75) is 32.4 Å². The number of carbonyl (C=O) groups is 1. The van der Waals surface area contributed by atoms with Crippen molar-refractivity contribution in [3.63, 3.8) is 0 Å². The number of fused-ring (bicyclic) bond motifs is 3. The number of hydrogen-bond acceptors (Lipinski definition) is 3. The molecule has 0 aliphatic carbocycles. The van der Waals surface area contributed by atoms with E-state index in [-0.39, 0.29) is 11.8 Å². The average Bonchev–Trinajstić information content (AvgIpc) is 3.40. The van der Waals surface area contributed by atoms with Crippen LogP contribution in [0.15, 0.2) is 61.2 Å². The van der Waals surface area contributed by atoms with Crippen molar-refractivity contribution in [3.8, 4) is 0 Å². The van der Waals surface area contributed by atoms with E-state index in [0.29, 0.717) is 13.1 Å². The molecule has 6 heteroatoms. The SMILES string of the molecule is CC(C(=O)N1CCc2c([nH]c3ccccc23)C1)c1ccccc1Cn1cncn1. The third kappa shape index (κ3) is 3.20. The molecule has 2 aromatic carbocycles. The van der Waals surface area contributed by atoms with E-state index in [1.165, 1.54) is 17.3 Å². The van der Waals surface area contributed by atoms with Gasteiger partial charge in [0.25, 0.3) is 0 Å². The van der Waals surface area contributed by atoms with Gasteiger partial charge in [0.15, 0.2) is 0 Å². The predicted octanol–water partition coefficient (Wildman–Crippen LogP) is 3.50. The summed E-state index contributed by atoms with van der Waals surface area (Å²) in [5, 5.41) is 5.48. The largest absolute Gasteiger partial charge is 0.357 e. The monoisotopic (exact) mass is 385 g/mol. The Labute approximate surface area is 169 Å². The first-order valence-electron chi connectivity index (χ1n) is 9.98. The number of nitrogens with zero attached hydrogens (tertiary/aromatic N) is 4. The summed E-state index contributed by atoms with van der Waals surface area (Å²) in [6, 6.07) is 16.5. The summed E-state index contributed by atoms with van der Waals surface area (Å²) < 4.78 is 1.79. The summed E-state index contributed by atoms with van der Waals surface area (Å²) >= 11 is 0. The van der Waals surface area contributed by atoms with Crippen LogP contribution in [-0.4, -0.2) is 37.1 Å². The van der Waals surface area contributed by atoms with Crippen LogP contribution >= 0.6 is 0 Å². The molecule has 1 N–H and O–H groups in total. The van der Waals surface area contributed by atoms with Gasteiger partial charge in [-0.1, -0.05) is 42.5 Å². The average molecular weight is 385 g/mol. The molecule has 29 heavy (non-hydrogen) atoms. The van der Waals surface area contributed by atoms with Crippen molar-refractivity contribution in [3.05, 3.63) is 83.6 Å². The van der Waals surface area contributed by atoms with Gasteiger partial charge >= 0.3 is 0 Å². The Bertz CT molecular complexity index is 1160. The van der Waals surface area contributed by atoms with Gasteiger partial charge < -0.3 is 9.88 Å². The number of nitrogens with one attached hydrogen (secondary N) is 1. The molecule has 2 aromatic heterocycles. The Balaban J connectivity index is 1.39.